The Balaban J connectivity index is 2.64. The number of halogens is 3. The van der Waals surface area contributed by atoms with Gasteiger partial charge in [0.05, 0.1) is 11.3 Å². The third kappa shape index (κ3) is 2.72. The normalized spacial score (nSPS) is 25.1. The SMILES string of the molecule is COC1(c2ncccc2C(F)(F)F)C=CC(=O)C(C)(C)C1. The van der Waals surface area contributed by atoms with Gasteiger partial charge in [0.25, 0.3) is 0 Å². The van der Waals surface area contributed by atoms with Crippen molar-refractivity contribution < 1.29 is 22.7 Å². The van der Waals surface area contributed by atoms with Crippen molar-refractivity contribution in [3.8, 4) is 0 Å². The molecule has 21 heavy (non-hydrogen) atoms. The minimum atomic E-state index is -4.53. The molecule has 1 aromatic heterocycles. The number of hydrogen-bond acceptors (Lipinski definition) is 3. The summed E-state index contributed by atoms with van der Waals surface area (Å²) in [7, 11) is 1.32. The molecule has 2 rings (SSSR count). The Hall–Kier alpha value is -1.69. The molecule has 0 radical (unpaired) electrons. The van der Waals surface area contributed by atoms with E-state index in [0.29, 0.717) is 0 Å². The van der Waals surface area contributed by atoms with E-state index in [4.69, 9.17) is 4.74 Å². The number of ether oxygens (including phenoxy) is 1. The summed E-state index contributed by atoms with van der Waals surface area (Å²) in [5, 5.41) is 0. The second kappa shape index (κ2) is 4.94. The number of rotatable bonds is 2. The maximum absolute atomic E-state index is 13.2. The maximum atomic E-state index is 13.2. The van der Waals surface area contributed by atoms with Gasteiger partial charge < -0.3 is 4.74 Å². The van der Waals surface area contributed by atoms with E-state index < -0.39 is 22.8 Å². The lowest BCUT2D eigenvalue weighted by molar-refractivity contribution is -0.142. The van der Waals surface area contributed by atoms with E-state index in [-0.39, 0.29) is 17.9 Å². The zero-order valence-electron chi connectivity index (χ0n) is 12.0. The Bertz CT molecular complexity index is 593. The Morgan fingerprint density at radius 2 is 2.00 bits per heavy atom. The first-order valence-electron chi connectivity index (χ1n) is 6.44. The number of alkyl halides is 3. The zero-order valence-corrected chi connectivity index (χ0v) is 12.0. The molecule has 1 aromatic rings. The smallest absolute Gasteiger partial charge is 0.368 e. The van der Waals surface area contributed by atoms with Crippen molar-refractivity contribution in [1.82, 2.24) is 4.98 Å². The van der Waals surface area contributed by atoms with Gasteiger partial charge in [0.1, 0.15) is 5.60 Å². The number of nitrogens with zero attached hydrogens (tertiary/aromatic N) is 1. The van der Waals surface area contributed by atoms with Crippen LogP contribution in [-0.2, 0) is 21.3 Å². The highest BCUT2D eigenvalue weighted by Gasteiger charge is 2.48. The Labute approximate surface area is 120 Å². The van der Waals surface area contributed by atoms with Crippen molar-refractivity contribution in [2.45, 2.75) is 32.0 Å². The number of ketones is 1. The van der Waals surface area contributed by atoms with Crippen LogP contribution in [0.25, 0.3) is 0 Å². The Kier molecular flexibility index (Phi) is 3.70. The molecular formula is C15H16F3NO2. The van der Waals surface area contributed by atoms with Gasteiger partial charge in [-0.1, -0.05) is 13.8 Å². The van der Waals surface area contributed by atoms with E-state index in [2.05, 4.69) is 4.98 Å². The minimum Gasteiger partial charge on any atom is -0.368 e. The summed E-state index contributed by atoms with van der Waals surface area (Å²) >= 11 is 0. The van der Waals surface area contributed by atoms with Gasteiger partial charge in [0, 0.05) is 18.7 Å². The van der Waals surface area contributed by atoms with Crippen molar-refractivity contribution in [2.75, 3.05) is 7.11 Å². The molecule has 0 aromatic carbocycles. The van der Waals surface area contributed by atoms with E-state index in [0.717, 1.165) is 6.07 Å². The van der Waals surface area contributed by atoms with E-state index >= 15 is 0 Å². The van der Waals surface area contributed by atoms with E-state index in [1.54, 1.807) is 13.8 Å². The molecule has 6 heteroatoms. The van der Waals surface area contributed by atoms with Crippen LogP contribution in [0.5, 0.6) is 0 Å². The third-order valence-corrected chi connectivity index (χ3v) is 3.75. The van der Waals surface area contributed by atoms with Gasteiger partial charge in [0.15, 0.2) is 5.78 Å². The van der Waals surface area contributed by atoms with Crippen LogP contribution in [0.4, 0.5) is 13.2 Å². The van der Waals surface area contributed by atoms with Gasteiger partial charge in [-0.2, -0.15) is 13.2 Å². The Morgan fingerprint density at radius 3 is 2.52 bits per heavy atom. The molecule has 0 N–H and O–H groups in total. The standard InChI is InChI=1S/C15H16F3NO2/c1-13(2)9-14(21-3,7-6-11(13)20)12-10(15(16,17)18)5-4-8-19-12/h4-8H,9H2,1-3H3. The van der Waals surface area contributed by atoms with Crippen molar-refractivity contribution in [1.29, 1.82) is 0 Å². The van der Waals surface area contributed by atoms with Gasteiger partial charge >= 0.3 is 6.18 Å². The van der Waals surface area contributed by atoms with Crippen molar-refractivity contribution in [2.24, 2.45) is 5.41 Å². The number of methoxy groups -OCH3 is 1. The minimum absolute atomic E-state index is 0.103. The molecule has 0 aliphatic heterocycles. The maximum Gasteiger partial charge on any atom is 0.418 e. The summed E-state index contributed by atoms with van der Waals surface area (Å²) in [6.45, 7) is 3.37. The van der Waals surface area contributed by atoms with Gasteiger partial charge in [-0.3, -0.25) is 9.78 Å². The lowest BCUT2D eigenvalue weighted by Crippen LogP contribution is -2.41. The van der Waals surface area contributed by atoms with Crippen LogP contribution >= 0.6 is 0 Å². The highest BCUT2D eigenvalue weighted by atomic mass is 19.4. The average molecular weight is 299 g/mol. The van der Waals surface area contributed by atoms with Crippen LogP contribution in [0.15, 0.2) is 30.5 Å². The summed E-state index contributed by atoms with van der Waals surface area (Å²) in [5.74, 6) is -0.139. The lowest BCUT2D eigenvalue weighted by Gasteiger charge is -2.39. The largest absolute Gasteiger partial charge is 0.418 e. The fourth-order valence-corrected chi connectivity index (χ4v) is 2.61. The summed E-state index contributed by atoms with van der Waals surface area (Å²) in [4.78, 5) is 15.7. The van der Waals surface area contributed by atoms with Crippen LogP contribution in [0.1, 0.15) is 31.5 Å². The summed E-state index contributed by atoms with van der Waals surface area (Å²) < 4.78 is 45.0. The summed E-state index contributed by atoms with van der Waals surface area (Å²) in [6.07, 6.45) is -0.483. The molecule has 1 atom stereocenters. The van der Waals surface area contributed by atoms with Crippen LogP contribution in [0.3, 0.4) is 0 Å². The first-order chi connectivity index (χ1) is 9.62. The molecule has 1 unspecified atom stereocenters. The number of carbonyl (C=O) groups excluding carboxylic acids is 1. The second-order valence-corrected chi connectivity index (χ2v) is 5.75. The lowest BCUT2D eigenvalue weighted by atomic mass is 9.71. The van der Waals surface area contributed by atoms with Crippen LogP contribution in [0, 0.1) is 5.41 Å². The third-order valence-electron chi connectivity index (χ3n) is 3.75. The molecule has 0 spiro atoms. The molecule has 1 aliphatic carbocycles. The fourth-order valence-electron chi connectivity index (χ4n) is 2.61. The average Bonchev–Trinajstić information content (AvgIpc) is 2.41. The van der Waals surface area contributed by atoms with Crippen LogP contribution in [0.2, 0.25) is 0 Å². The quantitative estimate of drug-likeness (QED) is 0.839. The molecule has 0 bridgehead atoms. The molecule has 114 valence electrons. The predicted octanol–water partition coefficient (Wildman–Crippen LogP) is 3.50. The van der Waals surface area contributed by atoms with Gasteiger partial charge in [0.2, 0.25) is 0 Å². The number of hydrogen-bond donors (Lipinski definition) is 0. The van der Waals surface area contributed by atoms with E-state index in [1.807, 2.05) is 0 Å². The number of carbonyl (C=O) groups is 1. The first kappa shape index (κ1) is 15.7. The highest BCUT2D eigenvalue weighted by Crippen LogP contribution is 2.45. The Morgan fingerprint density at radius 1 is 1.33 bits per heavy atom. The van der Waals surface area contributed by atoms with Crippen molar-refractivity contribution in [3.63, 3.8) is 0 Å². The fraction of sp³-hybridized carbons (Fsp3) is 0.467. The summed E-state index contributed by atoms with van der Waals surface area (Å²) in [6, 6.07) is 2.21. The van der Waals surface area contributed by atoms with E-state index in [1.165, 1.54) is 31.5 Å². The molecule has 0 amide bonds. The molecular weight excluding hydrogens is 283 g/mol. The van der Waals surface area contributed by atoms with Gasteiger partial charge in [-0.25, -0.2) is 0 Å². The topological polar surface area (TPSA) is 39.2 Å². The first-order valence-corrected chi connectivity index (χ1v) is 6.44. The van der Waals surface area contributed by atoms with Gasteiger partial charge in [-0.15, -0.1) is 0 Å². The van der Waals surface area contributed by atoms with Crippen molar-refractivity contribution in [3.05, 3.63) is 41.7 Å². The number of allylic oxidation sites excluding steroid dienone is 1. The molecule has 1 aliphatic rings. The summed E-state index contributed by atoms with van der Waals surface area (Å²) in [5.41, 5.74) is -3.23. The molecule has 0 fully saturated rings. The van der Waals surface area contributed by atoms with E-state index in [9.17, 15) is 18.0 Å². The molecule has 0 saturated carbocycles. The number of pyridine rings is 1. The molecule has 3 nitrogen and oxygen atoms in total. The second-order valence-electron chi connectivity index (χ2n) is 5.75. The van der Waals surface area contributed by atoms with Gasteiger partial charge in [-0.05, 0) is 30.7 Å². The highest BCUT2D eigenvalue weighted by molar-refractivity contribution is 5.95. The predicted molar refractivity (Wildman–Crippen MR) is 70.5 cm³/mol. The molecule has 0 saturated heterocycles. The van der Waals surface area contributed by atoms with Crippen LogP contribution < -0.4 is 0 Å². The monoisotopic (exact) mass is 299 g/mol. The number of aromatic nitrogens is 1. The zero-order chi connectivity index (χ0) is 15.9. The van der Waals surface area contributed by atoms with Crippen molar-refractivity contribution >= 4 is 5.78 Å². The van der Waals surface area contributed by atoms with Crippen LogP contribution in [-0.4, -0.2) is 17.9 Å². The molecule has 1 heterocycles.